The first kappa shape index (κ1) is 116. The molecular formula is C88H107BrN6Na2O22S10. The number of nitrogens with one attached hydrogen (secondary N) is 2. The van der Waals surface area contributed by atoms with E-state index in [1.807, 2.05) is 77.9 Å². The minimum absolute atomic E-state index is 0. The first-order chi connectivity index (χ1) is 58.6. The molecule has 0 amide bonds. The van der Waals surface area contributed by atoms with Crippen molar-refractivity contribution in [3.05, 3.63) is 233 Å². The molecule has 9 aromatic rings. The summed E-state index contributed by atoms with van der Waals surface area (Å²) in [6.45, 7) is 38.8. The van der Waals surface area contributed by atoms with Crippen LogP contribution < -0.4 is 87.4 Å². The Balaban J connectivity index is 0.000000411. The number of benzene rings is 5. The molecule has 0 radical (unpaired) electrons. The molecule has 28 nitrogen and oxygen atoms in total. The van der Waals surface area contributed by atoms with Crippen molar-refractivity contribution < 1.29 is 159 Å². The maximum atomic E-state index is 13.4. The van der Waals surface area contributed by atoms with Crippen LogP contribution in [-0.4, -0.2) is 126 Å². The van der Waals surface area contributed by atoms with Crippen LogP contribution >= 0.6 is 73.0 Å². The topological polar surface area (TPSA) is 418 Å². The van der Waals surface area contributed by atoms with Gasteiger partial charge in [0.15, 0.2) is 0 Å². The van der Waals surface area contributed by atoms with Gasteiger partial charge in [0.25, 0.3) is 50.1 Å². The predicted molar refractivity (Wildman–Crippen MR) is 505 cm³/mol. The number of ether oxygens (including phenoxy) is 5. The maximum Gasteiger partial charge on any atom is 1.00 e. The number of carboxylic acids is 1. The summed E-state index contributed by atoms with van der Waals surface area (Å²) in [4.78, 5) is 47.9. The number of aromatic carboxylic acids is 1. The van der Waals surface area contributed by atoms with Crippen molar-refractivity contribution in [3.63, 3.8) is 0 Å². The van der Waals surface area contributed by atoms with Gasteiger partial charge in [0.2, 0.25) is 0 Å². The number of halogens is 1. The zero-order chi connectivity index (χ0) is 96.5. The van der Waals surface area contributed by atoms with Crippen LogP contribution in [0.4, 0.5) is 22.7 Å². The van der Waals surface area contributed by atoms with Crippen molar-refractivity contribution in [2.75, 3.05) is 67.1 Å². The molecule has 690 valence electrons. The van der Waals surface area contributed by atoms with E-state index in [2.05, 4.69) is 96.8 Å². The van der Waals surface area contributed by atoms with Gasteiger partial charge in [0, 0.05) is 30.5 Å². The maximum absolute atomic E-state index is 13.4. The number of anilines is 4. The SMILES string of the molecule is CC#N.COC(=O)c1sccc1NS(=O)(=O)c1ccc(C(C)(C)C)cc1C.COCN(c1ccsc1C(=O)OC)S(=O)(=O)c1ccc(C(C)(C)C)cc1Br.COCN(c1ccsc1C(=O)OC)S(=O)(=O)c1ccc(C(C)(C)C)cc1C.Cc1cc(C(C)(C)C)ccc1S(=O)(=O)N=C1C=CSC1=C([O-])[O-].Cc1cc(C(C)(C)C)ccc1S(=O)(=O)Nc1ccsc1C(=O)O.[Na+].[Na+]. The summed E-state index contributed by atoms with van der Waals surface area (Å²) >= 11 is 8.60. The van der Waals surface area contributed by atoms with Gasteiger partial charge in [-0.05, 0) is 214 Å². The molecule has 0 saturated heterocycles. The van der Waals surface area contributed by atoms with Crippen molar-refractivity contribution >= 4 is 175 Å². The second kappa shape index (κ2) is 48.1. The standard InChI is InChI=1S/C19H25NO5S2.C18H22BrNO5S2.C17H21NO4S2.2C16H19NO4S2.C2H3N.2Na/c1-13-11-14(19(2,3)4)7-8-16(13)27(22,23)20(12-24-5)15-9-10-26-17(15)18(21)25-6;1-18(2,3)12-6-7-15(13(19)10-12)27(22,23)20(11-24-4)14-8-9-26-16(14)17(21)25-5;1-11-10-12(17(2,3)4)6-7-14(11)24(20,21)18-13-8-9-23-15(13)16(19)22-5;2*1-10-9-11(16(2,3)4)5-6-13(10)23(20,21)17-12-7-8-22-14(12)15(18)19;1-2-3;;/h7-11H,12H2,1-6H3;6-10H,11H2,1-5H3;6-10,18H,1-5H3;5-9,18-19H,1-4H3;5-9,17H,1-4H3,(H,18,19);1H3;;/q;;;;;;2*+1/p-2. The van der Waals surface area contributed by atoms with Crippen molar-refractivity contribution in [2.24, 2.45) is 4.40 Å². The van der Waals surface area contributed by atoms with E-state index in [1.54, 1.807) is 117 Å². The molecule has 0 aliphatic carbocycles. The summed E-state index contributed by atoms with van der Waals surface area (Å²) in [5.74, 6) is -4.34. The fourth-order valence-corrected chi connectivity index (χ4v) is 23.5. The van der Waals surface area contributed by atoms with Gasteiger partial charge < -0.3 is 39.0 Å². The van der Waals surface area contributed by atoms with Gasteiger partial charge >= 0.3 is 83.0 Å². The van der Waals surface area contributed by atoms with Gasteiger partial charge in [-0.25, -0.2) is 61.5 Å². The van der Waals surface area contributed by atoms with Crippen molar-refractivity contribution in [3.8, 4) is 6.07 Å². The summed E-state index contributed by atoms with van der Waals surface area (Å²) in [5, 5.41) is 46.3. The largest absolute Gasteiger partial charge is 1.00 e. The first-order valence-electron chi connectivity index (χ1n) is 38.3. The second-order valence-electron chi connectivity index (χ2n) is 33.2. The number of carbonyl (C=O) groups excluding carboxylic acids is 3. The summed E-state index contributed by atoms with van der Waals surface area (Å²) < 4.78 is 164. The van der Waals surface area contributed by atoms with Crippen LogP contribution in [0.15, 0.2) is 192 Å². The number of allylic oxidation sites excluding steroid dienone is 2. The summed E-state index contributed by atoms with van der Waals surface area (Å²) in [5.41, 5.74) is 7.87. The number of carbonyl (C=O) groups is 4. The molecule has 0 bridgehead atoms. The fourth-order valence-electron chi connectivity index (χ4n) is 11.6. The molecule has 0 atom stereocenters. The van der Waals surface area contributed by atoms with E-state index in [0.29, 0.717) is 26.7 Å². The molecule has 5 heterocycles. The van der Waals surface area contributed by atoms with E-state index in [4.69, 9.17) is 29.3 Å². The molecule has 1 aliphatic heterocycles. The van der Waals surface area contributed by atoms with Crippen LogP contribution in [0.3, 0.4) is 0 Å². The van der Waals surface area contributed by atoms with Crippen LogP contribution in [0.2, 0.25) is 0 Å². The number of methoxy groups -OCH3 is 5. The van der Waals surface area contributed by atoms with Crippen LogP contribution in [0.5, 0.6) is 0 Å². The molecule has 0 spiro atoms. The minimum Gasteiger partial charge on any atom is -0.883 e. The molecule has 0 fully saturated rings. The normalized spacial score (nSPS) is 12.6. The van der Waals surface area contributed by atoms with E-state index in [9.17, 15) is 71.5 Å². The number of hydrogen-bond donors (Lipinski definition) is 3. The van der Waals surface area contributed by atoms with Crippen molar-refractivity contribution in [1.82, 2.24) is 0 Å². The molecule has 5 aromatic carbocycles. The quantitative estimate of drug-likeness (QED) is 0.0186. The Kier molecular flexibility index (Phi) is 43.2. The number of sulfonamides is 5. The smallest absolute Gasteiger partial charge is 0.883 e. The summed E-state index contributed by atoms with van der Waals surface area (Å²) in [7, 11) is -13.0. The minimum atomic E-state index is -3.99. The third-order valence-corrected chi connectivity index (χ3v) is 32.0. The monoisotopic (exact) mass is 2040 g/mol. The van der Waals surface area contributed by atoms with Gasteiger partial charge in [-0.3, -0.25) is 9.44 Å². The number of aryl methyl sites for hydroxylation is 4. The van der Waals surface area contributed by atoms with Gasteiger partial charge in [-0.2, -0.15) is 24.0 Å². The Hall–Kier alpha value is -7.28. The zero-order valence-electron chi connectivity index (χ0n) is 77.1. The van der Waals surface area contributed by atoms with E-state index in [1.165, 1.54) is 71.5 Å². The van der Waals surface area contributed by atoms with E-state index in [-0.39, 0.29) is 177 Å². The molecule has 3 N–H and O–H groups in total. The van der Waals surface area contributed by atoms with Gasteiger partial charge in [0.05, 0.1) is 75.4 Å². The van der Waals surface area contributed by atoms with Crippen LogP contribution in [-0.2, 0) is 101 Å². The van der Waals surface area contributed by atoms with Gasteiger partial charge in [-0.15, -0.1) is 45.3 Å². The summed E-state index contributed by atoms with van der Waals surface area (Å²) in [6.07, 6.45) is 1.35. The summed E-state index contributed by atoms with van der Waals surface area (Å²) in [6, 6.07) is 33.9. The van der Waals surface area contributed by atoms with Crippen LogP contribution in [0.1, 0.15) is 200 Å². The molecule has 0 unspecified atom stereocenters. The Bertz CT molecular complexity index is 6080. The number of nitriles is 1. The molecule has 0 saturated carbocycles. The molecule has 41 heteroatoms. The number of hydrogen-bond acceptors (Lipinski definition) is 27. The van der Waals surface area contributed by atoms with Crippen molar-refractivity contribution in [2.45, 2.75) is 190 Å². The average Bonchev–Trinajstić information content (AvgIpc) is 1.70. The Labute approximate surface area is 832 Å². The third kappa shape index (κ3) is 30.9. The average molecular weight is 2050 g/mol. The molecule has 129 heavy (non-hydrogen) atoms. The van der Waals surface area contributed by atoms with Gasteiger partial charge in [-0.1, -0.05) is 170 Å². The number of carboxylic acid groups (broad SMARTS) is 1. The zero-order valence-corrected chi connectivity index (χ0v) is 90.9. The Morgan fingerprint density at radius 2 is 0.752 bits per heavy atom. The van der Waals surface area contributed by atoms with E-state index < -0.39 is 79.9 Å². The van der Waals surface area contributed by atoms with E-state index in [0.717, 1.165) is 93.5 Å². The second-order valence-corrected chi connectivity index (χ2v) is 47.1. The number of nitrogens with zero attached hydrogens (tertiary/aromatic N) is 4. The molecular weight excluding hydrogens is 1940 g/mol. The fraction of sp³-hybridized carbons (Fsp3) is 0.364. The molecule has 10 rings (SSSR count). The number of esters is 3. The predicted octanol–water partition coefficient (Wildman–Crippen LogP) is 12.2. The van der Waals surface area contributed by atoms with Gasteiger partial charge in [0.1, 0.15) is 37.9 Å². The Morgan fingerprint density at radius 1 is 0.457 bits per heavy atom. The van der Waals surface area contributed by atoms with Crippen molar-refractivity contribution in [1.29, 1.82) is 5.26 Å². The third-order valence-electron chi connectivity index (χ3n) is 18.4. The number of thioether (sulfide) groups is 1. The van der Waals surface area contributed by atoms with Crippen LogP contribution in [0, 0.1) is 39.0 Å². The molecule has 4 aromatic heterocycles. The first-order valence-corrected chi connectivity index (χ1v) is 50.8. The Morgan fingerprint density at radius 3 is 1.07 bits per heavy atom. The number of thiophene rings is 4. The molecule has 1 aliphatic rings. The van der Waals surface area contributed by atoms with E-state index >= 15 is 0 Å². The van der Waals surface area contributed by atoms with Crippen LogP contribution in [0.25, 0.3) is 0 Å². The number of rotatable bonds is 22.